The van der Waals surface area contributed by atoms with Crippen molar-refractivity contribution in [3.05, 3.63) is 31.8 Å². The quantitative estimate of drug-likeness (QED) is 0.388. The lowest BCUT2D eigenvalue weighted by Gasteiger charge is -2.32. The number of rotatable bonds is 8. The molecule has 0 bridgehead atoms. The molecule has 12 nitrogen and oxygen atoms in total. The Morgan fingerprint density at radius 1 is 0.656 bits per heavy atom. The van der Waals surface area contributed by atoms with Crippen molar-refractivity contribution in [2.45, 2.75) is 70.6 Å². The fraction of sp³-hybridized carbons (Fsp3) is 0.700. The van der Waals surface area contributed by atoms with Crippen LogP contribution in [0.5, 0.6) is 0 Å². The van der Waals surface area contributed by atoms with Crippen molar-refractivity contribution < 1.29 is 19.2 Å². The van der Waals surface area contributed by atoms with Gasteiger partial charge in [-0.15, -0.1) is 19.6 Å². The van der Waals surface area contributed by atoms with E-state index in [4.69, 9.17) is 0 Å². The van der Waals surface area contributed by atoms with E-state index < -0.39 is 29.0 Å². The van der Waals surface area contributed by atoms with Crippen molar-refractivity contribution in [3.63, 3.8) is 0 Å². The summed E-state index contributed by atoms with van der Waals surface area (Å²) in [4.78, 5) is 89.3. The van der Waals surface area contributed by atoms with Crippen LogP contribution in [0.4, 0.5) is 0 Å². The molecule has 1 aliphatic rings. The van der Waals surface area contributed by atoms with E-state index in [1.165, 1.54) is 0 Å². The highest BCUT2D eigenvalue weighted by Crippen LogP contribution is 2.41. The Labute approximate surface area is 183 Å². The maximum Gasteiger partial charge on any atom is 0.286 e. The number of hydrogen-bond acceptors (Lipinski definition) is 8. The first-order chi connectivity index (χ1) is 15.3. The summed E-state index contributed by atoms with van der Waals surface area (Å²) in [5.41, 5.74) is -1.08. The van der Waals surface area contributed by atoms with E-state index in [1.807, 2.05) is 0 Å². The SMILES string of the molecule is O=NC(=O)CC1CC/C=C\CC(CC(=O)N=O)(CC(=O)N=O)CCC(CC(=O)N=O)CC1. The lowest BCUT2D eigenvalue weighted by atomic mass is 9.71. The normalized spacial score (nSPS) is 22.2. The molecule has 0 fully saturated rings. The van der Waals surface area contributed by atoms with Gasteiger partial charge in [-0.25, -0.2) is 0 Å². The van der Waals surface area contributed by atoms with Gasteiger partial charge in [-0.05, 0) is 62.2 Å². The topological polar surface area (TPSA) is 186 Å². The van der Waals surface area contributed by atoms with Crippen LogP contribution in [0.25, 0.3) is 0 Å². The molecule has 0 saturated carbocycles. The summed E-state index contributed by atoms with van der Waals surface area (Å²) in [6, 6.07) is 0. The van der Waals surface area contributed by atoms with Gasteiger partial charge in [0.1, 0.15) is 0 Å². The molecule has 0 aromatic carbocycles. The number of carbonyl (C=O) groups excluding carboxylic acids is 4. The first-order valence-corrected chi connectivity index (χ1v) is 10.4. The number of hydrogen-bond donors (Lipinski definition) is 0. The van der Waals surface area contributed by atoms with Crippen LogP contribution in [0.15, 0.2) is 32.9 Å². The van der Waals surface area contributed by atoms with Crippen LogP contribution in [0.3, 0.4) is 0 Å². The van der Waals surface area contributed by atoms with Crippen molar-refractivity contribution in [2.24, 2.45) is 38.0 Å². The van der Waals surface area contributed by atoms with Crippen LogP contribution in [-0.2, 0) is 19.2 Å². The van der Waals surface area contributed by atoms with Crippen molar-refractivity contribution in [1.29, 1.82) is 0 Å². The highest BCUT2D eigenvalue weighted by atomic mass is 16.3. The van der Waals surface area contributed by atoms with Crippen LogP contribution in [0, 0.1) is 36.9 Å². The highest BCUT2D eigenvalue weighted by molar-refractivity contribution is 5.81. The monoisotopic (exact) mass is 450 g/mol. The second kappa shape index (κ2) is 14.0. The highest BCUT2D eigenvalue weighted by Gasteiger charge is 2.36. The third kappa shape index (κ3) is 9.75. The molecule has 174 valence electrons. The van der Waals surface area contributed by atoms with E-state index in [2.05, 4.69) is 20.7 Å². The minimum Gasteiger partial charge on any atom is -0.269 e. The molecule has 0 aromatic heterocycles. The van der Waals surface area contributed by atoms with E-state index in [1.54, 1.807) is 12.2 Å². The number of nitrogens with zero attached hydrogens (tertiary/aromatic N) is 4. The van der Waals surface area contributed by atoms with Gasteiger partial charge in [0, 0.05) is 46.4 Å². The van der Waals surface area contributed by atoms with Gasteiger partial charge in [0.15, 0.2) is 0 Å². The van der Waals surface area contributed by atoms with E-state index in [0.717, 1.165) is 0 Å². The molecule has 2 unspecified atom stereocenters. The Kier molecular flexibility index (Phi) is 11.7. The molecule has 0 radical (unpaired) electrons. The Balaban J connectivity index is 3.20. The van der Waals surface area contributed by atoms with Crippen molar-refractivity contribution in [1.82, 2.24) is 0 Å². The lowest BCUT2D eigenvalue weighted by molar-refractivity contribution is -0.124. The molecule has 0 aromatic rings. The van der Waals surface area contributed by atoms with Gasteiger partial charge in [0.2, 0.25) is 0 Å². The average molecular weight is 450 g/mol. The zero-order valence-electron chi connectivity index (χ0n) is 17.6. The van der Waals surface area contributed by atoms with Gasteiger partial charge in [-0.3, -0.25) is 19.2 Å². The third-order valence-corrected chi connectivity index (χ3v) is 5.91. The fourth-order valence-corrected chi connectivity index (χ4v) is 4.22. The maximum atomic E-state index is 11.8. The summed E-state index contributed by atoms with van der Waals surface area (Å²) in [6.07, 6.45) is 5.28. The molecule has 12 heteroatoms. The summed E-state index contributed by atoms with van der Waals surface area (Å²) >= 11 is 0. The second-order valence-corrected chi connectivity index (χ2v) is 8.30. The molecule has 1 rings (SSSR count). The first kappa shape index (κ1) is 26.9. The van der Waals surface area contributed by atoms with Gasteiger partial charge in [0.25, 0.3) is 23.6 Å². The van der Waals surface area contributed by atoms with Gasteiger partial charge >= 0.3 is 0 Å². The lowest BCUT2D eigenvalue weighted by Crippen LogP contribution is -2.28. The number of carbonyl (C=O) groups is 4. The van der Waals surface area contributed by atoms with E-state index in [0.29, 0.717) is 32.1 Å². The third-order valence-electron chi connectivity index (χ3n) is 5.91. The predicted molar refractivity (Wildman–Crippen MR) is 113 cm³/mol. The van der Waals surface area contributed by atoms with E-state index in [9.17, 15) is 38.8 Å². The summed E-state index contributed by atoms with van der Waals surface area (Å²) in [7, 11) is 0. The Bertz CT molecular complexity index is 758. The Morgan fingerprint density at radius 3 is 1.59 bits per heavy atom. The van der Waals surface area contributed by atoms with Gasteiger partial charge in [-0.2, -0.15) is 0 Å². The molecule has 32 heavy (non-hydrogen) atoms. The predicted octanol–water partition coefficient (Wildman–Crippen LogP) is 4.24. The standard InChI is InChI=1S/C20H26N4O8/c25-16(21-29)10-14-4-2-1-3-8-20(12-18(27)23-31,13-19(28)24-32)9-7-15(6-5-14)11-17(26)22-30/h1,3,14-15H,2,4-13H2/b3-1-. The van der Waals surface area contributed by atoms with Gasteiger partial charge in [0.05, 0.1) is 0 Å². The molecule has 0 aliphatic heterocycles. The van der Waals surface area contributed by atoms with Crippen molar-refractivity contribution in [3.8, 4) is 0 Å². The van der Waals surface area contributed by atoms with Crippen molar-refractivity contribution >= 4 is 23.6 Å². The van der Waals surface area contributed by atoms with Crippen LogP contribution < -0.4 is 0 Å². The molecule has 4 amide bonds. The maximum absolute atomic E-state index is 11.8. The van der Waals surface area contributed by atoms with Crippen LogP contribution in [0.1, 0.15) is 70.6 Å². The smallest absolute Gasteiger partial charge is 0.269 e. The molecule has 1 aliphatic carbocycles. The summed E-state index contributed by atoms with van der Waals surface area (Å²) < 4.78 is 0. The minimum absolute atomic E-state index is 0.0209. The summed E-state index contributed by atoms with van der Waals surface area (Å²) in [6.45, 7) is 0. The van der Waals surface area contributed by atoms with E-state index in [-0.39, 0.29) is 50.4 Å². The number of nitroso groups, excluding NO2 is 4. The molecule has 0 saturated heterocycles. The summed E-state index contributed by atoms with van der Waals surface area (Å²) in [5, 5.41) is 9.67. The van der Waals surface area contributed by atoms with Crippen LogP contribution >= 0.6 is 0 Å². The van der Waals surface area contributed by atoms with Gasteiger partial charge < -0.3 is 0 Å². The fourth-order valence-electron chi connectivity index (χ4n) is 4.22. The number of amides is 4. The minimum atomic E-state index is -1.08. The van der Waals surface area contributed by atoms with E-state index >= 15 is 0 Å². The average Bonchev–Trinajstić information content (AvgIpc) is 2.78. The van der Waals surface area contributed by atoms with Crippen LogP contribution in [0.2, 0.25) is 0 Å². The largest absolute Gasteiger partial charge is 0.286 e. The van der Waals surface area contributed by atoms with Gasteiger partial charge in [-0.1, -0.05) is 12.2 Å². The first-order valence-electron chi connectivity index (χ1n) is 10.4. The Hall–Kier alpha value is -3.18. The second-order valence-electron chi connectivity index (χ2n) is 8.30. The Morgan fingerprint density at radius 2 is 1.12 bits per heavy atom. The zero-order valence-corrected chi connectivity index (χ0v) is 17.6. The molecule has 0 spiro atoms. The van der Waals surface area contributed by atoms with Crippen molar-refractivity contribution in [2.75, 3.05) is 0 Å². The number of allylic oxidation sites excluding steroid dienone is 2. The molecule has 2 atom stereocenters. The molecule has 0 N–H and O–H groups in total. The summed E-state index contributed by atoms with van der Waals surface area (Å²) in [5.74, 6) is -4.04. The van der Waals surface area contributed by atoms with Crippen LogP contribution in [-0.4, -0.2) is 23.6 Å². The molecular weight excluding hydrogens is 424 g/mol. The molecular formula is C20H26N4O8. The zero-order chi connectivity index (χ0) is 24.0. The molecule has 0 heterocycles.